The Morgan fingerprint density at radius 1 is 1.26 bits per heavy atom. The summed E-state index contributed by atoms with van der Waals surface area (Å²) in [5.74, 6) is 1.69. The number of hydrogen-bond donors (Lipinski definition) is 0. The van der Waals surface area contributed by atoms with Crippen LogP contribution in [0, 0.1) is 5.92 Å². The Morgan fingerprint density at radius 2 is 1.89 bits per heavy atom. The minimum Gasteiger partial charge on any atom is -0.482 e. The number of carbonyl (C=O) groups is 1. The van der Waals surface area contributed by atoms with E-state index in [1.165, 1.54) is 5.57 Å². The Bertz CT molecular complexity index is 373. The number of hydrogen-bond acceptors (Lipinski definition) is 2. The largest absolute Gasteiger partial charge is 0.482 e. The lowest BCUT2D eigenvalue weighted by atomic mass is 9.90. The van der Waals surface area contributed by atoms with Gasteiger partial charge in [0.25, 0.3) is 0 Å². The van der Waals surface area contributed by atoms with Crippen molar-refractivity contribution in [3.05, 3.63) is 23.0 Å². The van der Waals surface area contributed by atoms with Gasteiger partial charge in [0, 0.05) is 5.57 Å². The van der Waals surface area contributed by atoms with E-state index < -0.39 is 0 Å². The van der Waals surface area contributed by atoms with Crippen LogP contribution in [0.2, 0.25) is 0 Å². The molecule has 1 aliphatic heterocycles. The molecule has 0 saturated heterocycles. The molecule has 0 fully saturated rings. The molecule has 0 unspecified atom stereocenters. The minimum absolute atomic E-state index is 0.220. The molecule has 0 aromatic heterocycles. The van der Waals surface area contributed by atoms with E-state index in [2.05, 4.69) is 26.8 Å². The van der Waals surface area contributed by atoms with Crippen molar-refractivity contribution in [2.45, 2.75) is 72.8 Å². The zero-order valence-corrected chi connectivity index (χ0v) is 13.1. The molecule has 1 heterocycles. The molecule has 0 aromatic carbocycles. The molecule has 0 radical (unpaired) electrons. The molecule has 1 aliphatic rings. The van der Waals surface area contributed by atoms with Crippen LogP contribution in [0.25, 0.3) is 0 Å². The number of rotatable bonds is 7. The molecule has 2 nitrogen and oxygen atoms in total. The van der Waals surface area contributed by atoms with Crippen LogP contribution in [0.1, 0.15) is 66.7 Å². The van der Waals surface area contributed by atoms with E-state index in [1.54, 1.807) is 0 Å². The van der Waals surface area contributed by atoms with Gasteiger partial charge in [0.05, 0.1) is 0 Å². The third kappa shape index (κ3) is 3.49. The van der Waals surface area contributed by atoms with Crippen molar-refractivity contribution in [1.29, 1.82) is 0 Å². The second kappa shape index (κ2) is 7.52. The average Bonchev–Trinajstić information content (AvgIpc) is 2.74. The predicted molar refractivity (Wildman–Crippen MR) is 79.9 cm³/mol. The highest BCUT2D eigenvalue weighted by Crippen LogP contribution is 2.35. The molecule has 0 amide bonds. The topological polar surface area (TPSA) is 26.3 Å². The molecular weight excluding hydrogens is 236 g/mol. The van der Waals surface area contributed by atoms with Crippen LogP contribution >= 0.6 is 0 Å². The fourth-order valence-corrected chi connectivity index (χ4v) is 2.67. The van der Waals surface area contributed by atoms with Crippen LogP contribution in [0.3, 0.4) is 0 Å². The Hall–Kier alpha value is -1.05. The van der Waals surface area contributed by atoms with Gasteiger partial charge in [-0.15, -0.1) is 0 Å². The van der Waals surface area contributed by atoms with E-state index in [1.807, 2.05) is 13.8 Å². The van der Waals surface area contributed by atoms with Crippen LogP contribution in [0.4, 0.5) is 0 Å². The Kier molecular flexibility index (Phi) is 6.33. The standard InChI is InChI=1S/C17H28O2/c1-6-12(7-2)11-14-16(18)15(10-5)19-17(14)13(8-3)9-4/h8,12,15H,6-7,9-11H2,1-5H3/b13-8-/t15-/m1/s1. The highest BCUT2D eigenvalue weighted by Gasteiger charge is 2.35. The van der Waals surface area contributed by atoms with Crippen molar-refractivity contribution >= 4 is 5.78 Å². The molecule has 2 heteroatoms. The van der Waals surface area contributed by atoms with Gasteiger partial charge in [-0.1, -0.05) is 46.6 Å². The second-order valence-corrected chi connectivity index (χ2v) is 5.24. The van der Waals surface area contributed by atoms with Crippen LogP contribution < -0.4 is 0 Å². The third-order valence-corrected chi connectivity index (χ3v) is 4.16. The van der Waals surface area contributed by atoms with E-state index >= 15 is 0 Å². The molecule has 19 heavy (non-hydrogen) atoms. The molecule has 0 aromatic rings. The normalized spacial score (nSPS) is 20.4. The van der Waals surface area contributed by atoms with Gasteiger partial charge < -0.3 is 4.74 Å². The number of carbonyl (C=O) groups excluding carboxylic acids is 1. The van der Waals surface area contributed by atoms with Gasteiger partial charge in [-0.2, -0.15) is 0 Å². The molecule has 0 spiro atoms. The van der Waals surface area contributed by atoms with Crippen LogP contribution in [-0.4, -0.2) is 11.9 Å². The van der Waals surface area contributed by atoms with Gasteiger partial charge >= 0.3 is 0 Å². The summed E-state index contributed by atoms with van der Waals surface area (Å²) < 4.78 is 5.93. The smallest absolute Gasteiger partial charge is 0.202 e. The zero-order chi connectivity index (χ0) is 14.4. The molecular formula is C17H28O2. The zero-order valence-electron chi connectivity index (χ0n) is 13.1. The summed E-state index contributed by atoms with van der Waals surface area (Å²) >= 11 is 0. The van der Waals surface area contributed by atoms with Crippen molar-refractivity contribution < 1.29 is 9.53 Å². The number of Topliss-reactive ketones (excluding diaryl/α,β-unsaturated/α-hetero) is 1. The lowest BCUT2D eigenvalue weighted by molar-refractivity contribution is -0.121. The summed E-state index contributed by atoms with van der Waals surface area (Å²) in [4.78, 5) is 12.4. The molecule has 1 rings (SSSR count). The Balaban J connectivity index is 3.07. The van der Waals surface area contributed by atoms with E-state index in [0.29, 0.717) is 5.92 Å². The quantitative estimate of drug-likeness (QED) is 0.660. The van der Waals surface area contributed by atoms with Crippen LogP contribution in [0.15, 0.2) is 23.0 Å². The summed E-state index contributed by atoms with van der Waals surface area (Å²) in [6.45, 7) is 10.5. The van der Waals surface area contributed by atoms with E-state index in [0.717, 1.165) is 43.4 Å². The van der Waals surface area contributed by atoms with Crippen molar-refractivity contribution in [2.75, 3.05) is 0 Å². The highest BCUT2D eigenvalue weighted by molar-refractivity contribution is 6.01. The first-order valence-electron chi connectivity index (χ1n) is 7.72. The summed E-state index contributed by atoms with van der Waals surface area (Å²) in [5, 5.41) is 0. The van der Waals surface area contributed by atoms with Gasteiger partial charge in [-0.25, -0.2) is 0 Å². The third-order valence-electron chi connectivity index (χ3n) is 4.16. The van der Waals surface area contributed by atoms with Gasteiger partial charge in [0.1, 0.15) is 5.76 Å². The van der Waals surface area contributed by atoms with E-state index in [9.17, 15) is 4.79 Å². The van der Waals surface area contributed by atoms with Crippen molar-refractivity contribution in [1.82, 2.24) is 0 Å². The number of ether oxygens (including phenoxy) is 1. The van der Waals surface area contributed by atoms with E-state index in [4.69, 9.17) is 4.74 Å². The molecule has 1 atom stereocenters. The van der Waals surface area contributed by atoms with E-state index in [-0.39, 0.29) is 11.9 Å². The Labute approximate surface area is 117 Å². The highest BCUT2D eigenvalue weighted by atomic mass is 16.5. The number of ketones is 1. The summed E-state index contributed by atoms with van der Waals surface area (Å²) in [5.41, 5.74) is 2.11. The lowest BCUT2D eigenvalue weighted by Gasteiger charge is -2.13. The SMILES string of the molecule is C/C=C(/CC)C1=C(CC(CC)CC)C(=O)[C@@H](CC)O1. The van der Waals surface area contributed by atoms with Crippen LogP contribution in [0.5, 0.6) is 0 Å². The van der Waals surface area contributed by atoms with Crippen molar-refractivity contribution in [2.24, 2.45) is 5.92 Å². The maximum Gasteiger partial charge on any atom is 0.202 e. The van der Waals surface area contributed by atoms with Gasteiger partial charge in [0.2, 0.25) is 5.78 Å². The molecule has 0 aliphatic carbocycles. The van der Waals surface area contributed by atoms with Gasteiger partial charge in [0.15, 0.2) is 6.10 Å². The molecule has 108 valence electrons. The maximum atomic E-state index is 12.4. The maximum absolute atomic E-state index is 12.4. The minimum atomic E-state index is -0.249. The second-order valence-electron chi connectivity index (χ2n) is 5.24. The predicted octanol–water partition coefficient (Wildman–Crippen LogP) is 4.80. The Morgan fingerprint density at radius 3 is 2.32 bits per heavy atom. The summed E-state index contributed by atoms with van der Waals surface area (Å²) in [7, 11) is 0. The average molecular weight is 264 g/mol. The monoisotopic (exact) mass is 264 g/mol. The first kappa shape index (κ1) is 16.0. The number of allylic oxidation sites excluding steroid dienone is 2. The van der Waals surface area contributed by atoms with Crippen molar-refractivity contribution in [3.63, 3.8) is 0 Å². The van der Waals surface area contributed by atoms with Crippen molar-refractivity contribution in [3.8, 4) is 0 Å². The fraction of sp³-hybridized carbons (Fsp3) is 0.706. The molecule has 0 N–H and O–H groups in total. The van der Waals surface area contributed by atoms with Gasteiger partial charge in [-0.3, -0.25) is 4.79 Å². The fourth-order valence-electron chi connectivity index (χ4n) is 2.67. The first-order chi connectivity index (χ1) is 9.12. The van der Waals surface area contributed by atoms with Crippen LogP contribution in [-0.2, 0) is 9.53 Å². The van der Waals surface area contributed by atoms with Gasteiger partial charge in [-0.05, 0) is 37.7 Å². The first-order valence-corrected chi connectivity index (χ1v) is 7.72. The molecule has 0 saturated carbocycles. The molecule has 0 bridgehead atoms. The summed E-state index contributed by atoms with van der Waals surface area (Å²) in [6, 6.07) is 0. The lowest BCUT2D eigenvalue weighted by Crippen LogP contribution is -2.18. The summed E-state index contributed by atoms with van der Waals surface area (Å²) in [6.07, 6.45) is 6.62.